The van der Waals surface area contributed by atoms with Crippen LogP contribution in [0.15, 0.2) is 24.3 Å². The summed E-state index contributed by atoms with van der Waals surface area (Å²) in [7, 11) is 0. The molecule has 0 spiro atoms. The number of amides is 1. The van der Waals surface area contributed by atoms with Crippen LogP contribution in [0.2, 0.25) is 0 Å². The van der Waals surface area contributed by atoms with E-state index < -0.39 is 18.8 Å². The summed E-state index contributed by atoms with van der Waals surface area (Å²) in [6, 6.07) is 6.11. The number of benzene rings is 1. The predicted molar refractivity (Wildman–Crippen MR) is 98.8 cm³/mol. The molecule has 26 heavy (non-hydrogen) atoms. The predicted octanol–water partition coefficient (Wildman–Crippen LogP) is 2.86. The van der Waals surface area contributed by atoms with Gasteiger partial charge in [-0.25, -0.2) is 0 Å². The van der Waals surface area contributed by atoms with E-state index in [9.17, 15) is 18.0 Å². The average Bonchev–Trinajstić information content (AvgIpc) is 2.55. The van der Waals surface area contributed by atoms with Crippen molar-refractivity contribution < 1.29 is 18.0 Å². The maximum Gasteiger partial charge on any atom is 0.405 e. The topological polar surface area (TPSA) is 44.4 Å². The molecule has 0 radical (unpaired) electrons. The number of nitrogens with one attached hydrogen (secondary N) is 2. The van der Waals surface area contributed by atoms with Crippen molar-refractivity contribution in [2.24, 2.45) is 0 Å². The van der Waals surface area contributed by atoms with Gasteiger partial charge in [0.15, 0.2) is 0 Å². The Morgan fingerprint density at radius 3 is 2.46 bits per heavy atom. The zero-order chi connectivity index (χ0) is 18.4. The smallest absolute Gasteiger partial charge is 0.354 e. The Hall–Kier alpha value is -1.31. The van der Waals surface area contributed by atoms with Crippen LogP contribution in [0, 0.1) is 6.92 Å². The van der Waals surface area contributed by atoms with E-state index in [1.807, 2.05) is 38.1 Å². The zero-order valence-corrected chi connectivity index (χ0v) is 15.9. The molecule has 2 unspecified atom stereocenters. The second-order valence-electron chi connectivity index (χ2n) is 6.61. The van der Waals surface area contributed by atoms with Crippen LogP contribution in [-0.2, 0) is 4.79 Å². The number of aryl methyl sites for hydroxylation is 1. The summed E-state index contributed by atoms with van der Waals surface area (Å²) < 4.78 is 40.0. The summed E-state index contributed by atoms with van der Waals surface area (Å²) in [5, 5.41) is 5.52. The average molecular weight is 394 g/mol. The van der Waals surface area contributed by atoms with Gasteiger partial charge in [0, 0.05) is 39.1 Å². The van der Waals surface area contributed by atoms with Crippen LogP contribution in [0.5, 0.6) is 0 Å². The molecule has 8 heteroatoms. The van der Waals surface area contributed by atoms with Gasteiger partial charge in [-0.2, -0.15) is 13.2 Å². The third-order valence-corrected chi connectivity index (χ3v) is 4.67. The van der Waals surface area contributed by atoms with Crippen LogP contribution in [-0.4, -0.2) is 55.7 Å². The summed E-state index contributed by atoms with van der Waals surface area (Å²) in [5.74, 6) is -0.384. The van der Waals surface area contributed by atoms with Crippen LogP contribution >= 0.6 is 12.4 Å². The quantitative estimate of drug-likeness (QED) is 0.781. The number of rotatable bonds is 6. The van der Waals surface area contributed by atoms with E-state index in [2.05, 4.69) is 10.6 Å². The lowest BCUT2D eigenvalue weighted by Crippen LogP contribution is -2.57. The van der Waals surface area contributed by atoms with Crippen LogP contribution in [0.25, 0.3) is 0 Å². The first-order chi connectivity index (χ1) is 11.8. The molecule has 148 valence electrons. The molecule has 0 aromatic heterocycles. The van der Waals surface area contributed by atoms with Gasteiger partial charge in [-0.05, 0) is 24.0 Å². The van der Waals surface area contributed by atoms with Crippen LogP contribution < -0.4 is 10.6 Å². The molecule has 1 aliphatic rings. The van der Waals surface area contributed by atoms with Crippen molar-refractivity contribution in [2.75, 3.05) is 32.7 Å². The molecule has 1 aromatic rings. The van der Waals surface area contributed by atoms with Crippen molar-refractivity contribution in [3.63, 3.8) is 0 Å². The molecular formula is C18H27ClF3N3O. The Morgan fingerprint density at radius 2 is 1.88 bits per heavy atom. The zero-order valence-electron chi connectivity index (χ0n) is 15.1. The second-order valence-corrected chi connectivity index (χ2v) is 6.61. The highest BCUT2D eigenvalue weighted by Gasteiger charge is 2.43. The molecule has 0 aliphatic carbocycles. The number of alkyl halides is 3. The van der Waals surface area contributed by atoms with Gasteiger partial charge in [-0.15, -0.1) is 12.4 Å². The first kappa shape index (κ1) is 22.7. The van der Waals surface area contributed by atoms with Crippen LogP contribution in [0.3, 0.4) is 0 Å². The SMILES string of the molecule is Cc1ccccc1C(C)CC(=O)NCC(N1CCNCC1)C(F)(F)F.Cl. The summed E-state index contributed by atoms with van der Waals surface area (Å²) in [4.78, 5) is 13.5. The van der Waals surface area contributed by atoms with Gasteiger partial charge in [-0.3, -0.25) is 9.69 Å². The summed E-state index contributed by atoms with van der Waals surface area (Å²) in [6.45, 7) is 5.21. The molecule has 1 saturated heterocycles. The maximum absolute atomic E-state index is 13.3. The number of carbonyl (C=O) groups is 1. The highest BCUT2D eigenvalue weighted by atomic mass is 35.5. The van der Waals surface area contributed by atoms with Gasteiger partial charge in [-0.1, -0.05) is 31.2 Å². The fourth-order valence-corrected chi connectivity index (χ4v) is 3.26. The van der Waals surface area contributed by atoms with E-state index in [-0.39, 0.29) is 30.7 Å². The van der Waals surface area contributed by atoms with E-state index in [0.717, 1.165) is 11.1 Å². The van der Waals surface area contributed by atoms with E-state index in [1.165, 1.54) is 4.90 Å². The molecule has 0 bridgehead atoms. The van der Waals surface area contributed by atoms with E-state index in [0.29, 0.717) is 26.2 Å². The fraction of sp³-hybridized carbons (Fsp3) is 0.611. The first-order valence-electron chi connectivity index (χ1n) is 8.62. The number of halogens is 4. The Kier molecular flexibility index (Phi) is 8.86. The number of piperazine rings is 1. The largest absolute Gasteiger partial charge is 0.405 e. The third kappa shape index (κ3) is 6.45. The van der Waals surface area contributed by atoms with Gasteiger partial charge >= 0.3 is 6.18 Å². The Bertz CT molecular complexity index is 577. The summed E-state index contributed by atoms with van der Waals surface area (Å²) >= 11 is 0. The molecule has 0 saturated carbocycles. The Labute approximate surface area is 158 Å². The lowest BCUT2D eigenvalue weighted by atomic mass is 9.93. The molecular weight excluding hydrogens is 367 g/mol. The van der Waals surface area contributed by atoms with E-state index >= 15 is 0 Å². The minimum Gasteiger partial charge on any atom is -0.354 e. The van der Waals surface area contributed by atoms with Crippen LogP contribution in [0.4, 0.5) is 13.2 Å². The first-order valence-corrected chi connectivity index (χ1v) is 8.62. The molecule has 4 nitrogen and oxygen atoms in total. The number of carbonyl (C=O) groups excluding carboxylic acids is 1. The number of hydrogen-bond acceptors (Lipinski definition) is 3. The Balaban J connectivity index is 0.00000338. The maximum atomic E-state index is 13.3. The standard InChI is InChI=1S/C18H26F3N3O.ClH/c1-13-5-3-4-6-15(13)14(2)11-17(25)23-12-16(18(19,20)21)24-9-7-22-8-10-24;/h3-6,14,16,22H,7-12H2,1-2H3,(H,23,25);1H. The van der Waals surface area contributed by atoms with Crippen molar-refractivity contribution in [1.82, 2.24) is 15.5 Å². The second kappa shape index (κ2) is 10.1. The van der Waals surface area contributed by atoms with Crippen molar-refractivity contribution >= 4 is 18.3 Å². The molecule has 2 atom stereocenters. The van der Waals surface area contributed by atoms with Crippen molar-refractivity contribution in [2.45, 2.75) is 38.4 Å². The van der Waals surface area contributed by atoms with Crippen molar-refractivity contribution in [1.29, 1.82) is 0 Å². The molecule has 2 rings (SSSR count). The molecule has 1 fully saturated rings. The molecule has 1 aromatic carbocycles. The van der Waals surface area contributed by atoms with Gasteiger partial charge < -0.3 is 10.6 Å². The lowest BCUT2D eigenvalue weighted by molar-refractivity contribution is -0.184. The number of nitrogens with zero attached hydrogens (tertiary/aromatic N) is 1. The molecule has 1 heterocycles. The minimum absolute atomic E-state index is 0. The summed E-state index contributed by atoms with van der Waals surface area (Å²) in [5.41, 5.74) is 2.13. The van der Waals surface area contributed by atoms with Gasteiger partial charge in [0.2, 0.25) is 5.91 Å². The molecule has 1 amide bonds. The van der Waals surface area contributed by atoms with Crippen molar-refractivity contribution in [3.8, 4) is 0 Å². The molecule has 1 aliphatic heterocycles. The van der Waals surface area contributed by atoms with Gasteiger partial charge in [0.05, 0.1) is 0 Å². The minimum atomic E-state index is -4.35. The van der Waals surface area contributed by atoms with E-state index in [4.69, 9.17) is 0 Å². The van der Waals surface area contributed by atoms with Crippen LogP contribution in [0.1, 0.15) is 30.4 Å². The molecule has 2 N–H and O–H groups in total. The van der Waals surface area contributed by atoms with Gasteiger partial charge in [0.25, 0.3) is 0 Å². The van der Waals surface area contributed by atoms with E-state index in [1.54, 1.807) is 0 Å². The highest BCUT2D eigenvalue weighted by Crippen LogP contribution is 2.25. The monoisotopic (exact) mass is 393 g/mol. The fourth-order valence-electron chi connectivity index (χ4n) is 3.26. The third-order valence-electron chi connectivity index (χ3n) is 4.67. The highest BCUT2D eigenvalue weighted by molar-refractivity contribution is 5.85. The lowest BCUT2D eigenvalue weighted by Gasteiger charge is -2.36. The summed E-state index contributed by atoms with van der Waals surface area (Å²) in [6.07, 6.45) is -4.18. The normalized spacial score (nSPS) is 17.9. The Morgan fingerprint density at radius 1 is 1.27 bits per heavy atom. The number of hydrogen-bond donors (Lipinski definition) is 2. The van der Waals surface area contributed by atoms with Crippen molar-refractivity contribution in [3.05, 3.63) is 35.4 Å². The van der Waals surface area contributed by atoms with Gasteiger partial charge in [0.1, 0.15) is 6.04 Å².